The zero-order valence-electron chi connectivity index (χ0n) is 10.2. The SMILES string of the molecule is Cc1cc(CS(=O)c2cc(Cl)ccc2N)n(C)n1. The molecule has 2 N–H and O–H groups in total. The van der Waals surface area contributed by atoms with E-state index in [1.165, 1.54) is 0 Å². The van der Waals surface area contributed by atoms with Crippen LogP contribution in [0, 0.1) is 6.92 Å². The molecule has 0 saturated carbocycles. The van der Waals surface area contributed by atoms with E-state index in [0.717, 1.165) is 11.4 Å². The second kappa shape index (κ2) is 5.12. The molecule has 0 radical (unpaired) electrons. The van der Waals surface area contributed by atoms with Crippen molar-refractivity contribution in [3.8, 4) is 0 Å². The summed E-state index contributed by atoms with van der Waals surface area (Å²) in [5.41, 5.74) is 8.12. The molecule has 0 aliphatic carbocycles. The van der Waals surface area contributed by atoms with E-state index in [4.69, 9.17) is 17.3 Å². The minimum absolute atomic E-state index is 0.377. The molecule has 1 unspecified atom stereocenters. The number of nitrogens with two attached hydrogens (primary N) is 1. The molecule has 0 saturated heterocycles. The summed E-state index contributed by atoms with van der Waals surface area (Å²) in [7, 11) is 0.611. The van der Waals surface area contributed by atoms with Crippen molar-refractivity contribution in [3.05, 3.63) is 40.7 Å². The van der Waals surface area contributed by atoms with E-state index in [2.05, 4.69) is 5.10 Å². The largest absolute Gasteiger partial charge is 0.398 e. The monoisotopic (exact) mass is 283 g/mol. The van der Waals surface area contributed by atoms with Gasteiger partial charge in [-0.2, -0.15) is 5.10 Å². The van der Waals surface area contributed by atoms with Crippen LogP contribution in [-0.2, 0) is 23.6 Å². The van der Waals surface area contributed by atoms with Gasteiger partial charge in [-0.3, -0.25) is 8.89 Å². The smallest absolute Gasteiger partial charge is 0.0703 e. The van der Waals surface area contributed by atoms with Gasteiger partial charge in [0.25, 0.3) is 0 Å². The number of aromatic nitrogens is 2. The van der Waals surface area contributed by atoms with Gasteiger partial charge in [0.2, 0.25) is 0 Å². The van der Waals surface area contributed by atoms with Crippen LogP contribution < -0.4 is 5.73 Å². The van der Waals surface area contributed by atoms with Crippen LogP contribution in [-0.4, -0.2) is 14.0 Å². The second-order valence-electron chi connectivity index (χ2n) is 4.07. The average Bonchev–Trinajstić information content (AvgIpc) is 2.61. The summed E-state index contributed by atoms with van der Waals surface area (Å²) in [6.07, 6.45) is 0. The fourth-order valence-corrected chi connectivity index (χ4v) is 3.24. The first-order valence-corrected chi connectivity index (χ1v) is 7.10. The molecule has 0 spiro atoms. The number of hydrogen-bond donors (Lipinski definition) is 1. The van der Waals surface area contributed by atoms with E-state index in [9.17, 15) is 4.21 Å². The molecule has 1 aromatic heterocycles. The molecule has 0 bridgehead atoms. The zero-order valence-corrected chi connectivity index (χ0v) is 11.8. The highest BCUT2D eigenvalue weighted by molar-refractivity contribution is 7.84. The lowest BCUT2D eigenvalue weighted by atomic mass is 10.3. The van der Waals surface area contributed by atoms with Crippen molar-refractivity contribution in [2.24, 2.45) is 7.05 Å². The van der Waals surface area contributed by atoms with Gasteiger partial charge in [-0.15, -0.1) is 0 Å². The molecule has 0 fully saturated rings. The van der Waals surface area contributed by atoms with Crippen LogP contribution in [0.5, 0.6) is 0 Å². The van der Waals surface area contributed by atoms with Crippen molar-refractivity contribution < 1.29 is 4.21 Å². The van der Waals surface area contributed by atoms with Crippen molar-refractivity contribution in [1.82, 2.24) is 9.78 Å². The number of aryl methyl sites for hydroxylation is 2. The molecule has 0 amide bonds. The minimum Gasteiger partial charge on any atom is -0.398 e. The van der Waals surface area contributed by atoms with Gasteiger partial charge < -0.3 is 5.73 Å². The lowest BCUT2D eigenvalue weighted by molar-refractivity contribution is 0.676. The molecular weight excluding hydrogens is 270 g/mol. The summed E-state index contributed by atoms with van der Waals surface area (Å²) in [5, 5.41) is 4.76. The van der Waals surface area contributed by atoms with Gasteiger partial charge in [-0.25, -0.2) is 0 Å². The molecular formula is C12H14ClN3OS. The Kier molecular flexibility index (Phi) is 3.73. The number of rotatable bonds is 3. The molecule has 4 nitrogen and oxygen atoms in total. The van der Waals surface area contributed by atoms with Gasteiger partial charge in [-0.1, -0.05) is 11.6 Å². The summed E-state index contributed by atoms with van der Waals surface area (Å²) >= 11 is 5.89. The number of anilines is 1. The quantitative estimate of drug-likeness (QED) is 0.879. The van der Waals surface area contributed by atoms with E-state index in [1.54, 1.807) is 22.9 Å². The fraction of sp³-hybridized carbons (Fsp3) is 0.250. The Morgan fingerprint density at radius 3 is 2.78 bits per heavy atom. The number of nitrogen functional groups attached to an aromatic ring is 1. The summed E-state index contributed by atoms with van der Waals surface area (Å²) in [4.78, 5) is 0.571. The summed E-state index contributed by atoms with van der Waals surface area (Å²) < 4.78 is 14.0. The third kappa shape index (κ3) is 2.73. The molecule has 6 heteroatoms. The van der Waals surface area contributed by atoms with Crippen LogP contribution in [0.25, 0.3) is 0 Å². The van der Waals surface area contributed by atoms with Gasteiger partial charge in [0.15, 0.2) is 0 Å². The van der Waals surface area contributed by atoms with Gasteiger partial charge in [0.1, 0.15) is 0 Å². The highest BCUT2D eigenvalue weighted by atomic mass is 35.5. The highest BCUT2D eigenvalue weighted by Gasteiger charge is 2.12. The topological polar surface area (TPSA) is 60.9 Å². The molecule has 2 aromatic rings. The second-order valence-corrected chi connectivity index (χ2v) is 5.93. The van der Waals surface area contributed by atoms with E-state index < -0.39 is 10.8 Å². The Hall–Kier alpha value is -1.33. The maximum absolute atomic E-state index is 12.3. The molecule has 1 atom stereocenters. The molecule has 0 aliphatic heterocycles. The van der Waals surface area contributed by atoms with Gasteiger partial charge >= 0.3 is 0 Å². The first-order chi connectivity index (χ1) is 8.47. The third-order valence-corrected chi connectivity index (χ3v) is 4.24. The Balaban J connectivity index is 2.27. The van der Waals surface area contributed by atoms with Gasteiger partial charge in [-0.05, 0) is 31.2 Å². The minimum atomic E-state index is -1.22. The molecule has 2 rings (SSSR count). The van der Waals surface area contributed by atoms with Gasteiger partial charge in [0, 0.05) is 17.8 Å². The van der Waals surface area contributed by atoms with Crippen LogP contribution >= 0.6 is 11.6 Å². The lowest BCUT2D eigenvalue weighted by Gasteiger charge is -2.06. The van der Waals surface area contributed by atoms with Gasteiger partial charge in [0.05, 0.1) is 32.8 Å². The average molecular weight is 284 g/mol. The standard InChI is InChI=1S/C12H14ClN3OS/c1-8-5-10(16(2)15-8)7-18(17)12-6-9(13)3-4-11(12)14/h3-6H,7,14H2,1-2H3. The van der Waals surface area contributed by atoms with E-state index in [-0.39, 0.29) is 0 Å². The molecule has 1 heterocycles. The summed E-state index contributed by atoms with van der Waals surface area (Å²) in [6.45, 7) is 1.90. The van der Waals surface area contributed by atoms with Crippen molar-refractivity contribution in [2.75, 3.05) is 5.73 Å². The number of hydrogen-bond acceptors (Lipinski definition) is 3. The van der Waals surface area contributed by atoms with E-state index >= 15 is 0 Å². The van der Waals surface area contributed by atoms with Crippen molar-refractivity contribution in [3.63, 3.8) is 0 Å². The Morgan fingerprint density at radius 1 is 1.44 bits per heavy atom. The van der Waals surface area contributed by atoms with Crippen LogP contribution in [0.4, 0.5) is 5.69 Å². The third-order valence-electron chi connectivity index (χ3n) is 2.60. The van der Waals surface area contributed by atoms with Crippen molar-refractivity contribution in [2.45, 2.75) is 17.6 Å². The maximum Gasteiger partial charge on any atom is 0.0703 e. The maximum atomic E-state index is 12.3. The summed E-state index contributed by atoms with van der Waals surface area (Å²) in [6, 6.07) is 6.92. The molecule has 1 aromatic carbocycles. The Morgan fingerprint density at radius 2 is 2.17 bits per heavy atom. The van der Waals surface area contributed by atoms with Crippen molar-refractivity contribution >= 4 is 28.1 Å². The predicted octanol–water partition coefficient (Wildman–Crippen LogP) is 2.27. The number of nitrogens with zero attached hydrogens (tertiary/aromatic N) is 2. The van der Waals surface area contributed by atoms with E-state index in [1.807, 2.05) is 20.0 Å². The normalized spacial score (nSPS) is 12.6. The van der Waals surface area contributed by atoms with Crippen molar-refractivity contribution in [1.29, 1.82) is 0 Å². The zero-order chi connectivity index (χ0) is 13.3. The Labute approximate surface area is 113 Å². The van der Waals surface area contributed by atoms with Crippen LogP contribution in [0.1, 0.15) is 11.4 Å². The van der Waals surface area contributed by atoms with E-state index in [0.29, 0.717) is 21.4 Å². The first kappa shape index (κ1) is 13.1. The molecule has 0 aliphatic rings. The predicted molar refractivity (Wildman–Crippen MR) is 73.9 cm³/mol. The fourth-order valence-electron chi connectivity index (χ4n) is 1.72. The lowest BCUT2D eigenvalue weighted by Crippen LogP contribution is -2.05. The molecule has 18 heavy (non-hydrogen) atoms. The number of benzene rings is 1. The van der Waals surface area contributed by atoms with Crippen LogP contribution in [0.3, 0.4) is 0 Å². The van der Waals surface area contributed by atoms with Crippen LogP contribution in [0.15, 0.2) is 29.2 Å². The number of halogens is 1. The molecule has 96 valence electrons. The summed E-state index contributed by atoms with van der Waals surface area (Å²) in [5.74, 6) is 0.377. The van der Waals surface area contributed by atoms with Crippen LogP contribution in [0.2, 0.25) is 5.02 Å². The highest BCUT2D eigenvalue weighted by Crippen LogP contribution is 2.23. The first-order valence-electron chi connectivity index (χ1n) is 5.40. The Bertz CT molecular complexity index is 609.